The first-order valence-corrected chi connectivity index (χ1v) is 5.07. The Bertz CT molecular complexity index is 334. The molecule has 0 amide bonds. The molecule has 1 aliphatic rings. The van der Waals surface area contributed by atoms with E-state index in [0.717, 1.165) is 0 Å². The van der Waals surface area contributed by atoms with Crippen molar-refractivity contribution in [2.24, 2.45) is 0 Å². The molecule has 0 bridgehead atoms. The van der Waals surface area contributed by atoms with Gasteiger partial charge < -0.3 is 21.9 Å². The van der Waals surface area contributed by atoms with Crippen LogP contribution in [-0.4, -0.2) is 13.1 Å². The molecule has 0 N–H and O–H groups in total. The number of anilines is 1. The molecule has 0 aromatic carbocycles. The molecule has 0 unspecified atom stereocenters. The van der Waals surface area contributed by atoms with Crippen molar-refractivity contribution in [3.63, 3.8) is 0 Å². The van der Waals surface area contributed by atoms with E-state index in [1.54, 1.807) is 0 Å². The lowest BCUT2D eigenvalue weighted by Crippen LogP contribution is -3.00. The zero-order chi connectivity index (χ0) is 9.80. The number of halogens is 1. The number of hydrogen-bond acceptors (Lipinski definition) is 1. The second-order valence-electron chi connectivity index (χ2n) is 3.63. The second-order valence-corrected chi connectivity index (χ2v) is 3.63. The molecule has 1 aromatic heterocycles. The molecule has 1 fully saturated rings. The summed E-state index contributed by atoms with van der Waals surface area (Å²) in [6, 6.07) is 4.28. The van der Waals surface area contributed by atoms with Gasteiger partial charge in [-0.1, -0.05) is 0 Å². The average Bonchev–Trinajstić information content (AvgIpc) is 2.72. The van der Waals surface area contributed by atoms with Gasteiger partial charge in [0.1, 0.15) is 0 Å². The molecule has 1 aromatic rings. The predicted molar refractivity (Wildman–Crippen MR) is 56.9 cm³/mol. The summed E-state index contributed by atoms with van der Waals surface area (Å²) in [5.41, 5.74) is 1.32. The normalized spacial score (nSPS) is 14.5. The van der Waals surface area contributed by atoms with Gasteiger partial charge in [0.25, 0.3) is 0 Å². The van der Waals surface area contributed by atoms with Crippen LogP contribution in [0, 0.1) is 12.3 Å². The van der Waals surface area contributed by atoms with Crippen molar-refractivity contribution in [2.45, 2.75) is 19.4 Å². The Kier molecular flexibility index (Phi) is 4.64. The highest BCUT2D eigenvalue weighted by Crippen LogP contribution is 2.17. The zero-order valence-electron chi connectivity index (χ0n) is 8.69. The van der Waals surface area contributed by atoms with Crippen LogP contribution in [0.15, 0.2) is 24.5 Å². The minimum Gasteiger partial charge on any atom is -1.00 e. The van der Waals surface area contributed by atoms with Crippen molar-refractivity contribution in [1.82, 2.24) is 0 Å². The first-order chi connectivity index (χ1) is 6.90. The predicted octanol–water partition coefficient (Wildman–Crippen LogP) is -1.79. The van der Waals surface area contributed by atoms with E-state index in [2.05, 4.69) is 23.0 Å². The molecule has 3 heteroatoms. The van der Waals surface area contributed by atoms with Gasteiger partial charge in [0, 0.05) is 30.9 Å². The van der Waals surface area contributed by atoms with Crippen LogP contribution in [0.1, 0.15) is 12.8 Å². The Morgan fingerprint density at radius 3 is 2.40 bits per heavy atom. The van der Waals surface area contributed by atoms with E-state index in [4.69, 9.17) is 6.42 Å². The Labute approximate surface area is 102 Å². The Morgan fingerprint density at radius 2 is 1.87 bits per heavy atom. The lowest BCUT2D eigenvalue weighted by atomic mass is 10.3. The van der Waals surface area contributed by atoms with E-state index in [-0.39, 0.29) is 17.0 Å². The van der Waals surface area contributed by atoms with Crippen molar-refractivity contribution in [1.29, 1.82) is 0 Å². The smallest absolute Gasteiger partial charge is 0.208 e. The van der Waals surface area contributed by atoms with Crippen LogP contribution < -0.4 is 26.4 Å². The van der Waals surface area contributed by atoms with E-state index in [9.17, 15) is 0 Å². The minimum absolute atomic E-state index is 0. The number of nitrogens with zero attached hydrogens (tertiary/aromatic N) is 2. The largest absolute Gasteiger partial charge is 1.00 e. The SMILES string of the molecule is C#CC[n+]1ccc(N2CCCC2)cc1.[Br-]. The van der Waals surface area contributed by atoms with Gasteiger partial charge in [-0.25, -0.2) is 0 Å². The van der Waals surface area contributed by atoms with E-state index < -0.39 is 0 Å². The molecule has 0 spiro atoms. The fourth-order valence-electron chi connectivity index (χ4n) is 1.85. The first-order valence-electron chi connectivity index (χ1n) is 5.07. The van der Waals surface area contributed by atoms with Gasteiger partial charge in [0.05, 0.1) is 0 Å². The maximum atomic E-state index is 5.24. The fourth-order valence-corrected chi connectivity index (χ4v) is 1.85. The van der Waals surface area contributed by atoms with Crippen molar-refractivity contribution in [3.8, 4) is 12.3 Å². The van der Waals surface area contributed by atoms with Crippen LogP contribution in [-0.2, 0) is 6.54 Å². The summed E-state index contributed by atoms with van der Waals surface area (Å²) in [5.74, 6) is 2.62. The molecule has 2 heterocycles. The van der Waals surface area contributed by atoms with E-state index in [1.165, 1.54) is 31.6 Å². The first kappa shape index (κ1) is 12.1. The fraction of sp³-hybridized carbons (Fsp3) is 0.417. The highest BCUT2D eigenvalue weighted by molar-refractivity contribution is 5.44. The summed E-state index contributed by atoms with van der Waals surface area (Å²) >= 11 is 0. The van der Waals surface area contributed by atoms with Crippen LogP contribution in [0.25, 0.3) is 0 Å². The summed E-state index contributed by atoms with van der Waals surface area (Å²) < 4.78 is 2.01. The average molecular weight is 267 g/mol. The van der Waals surface area contributed by atoms with Crippen LogP contribution in [0.3, 0.4) is 0 Å². The monoisotopic (exact) mass is 266 g/mol. The minimum atomic E-state index is 0. The van der Waals surface area contributed by atoms with Crippen molar-refractivity contribution < 1.29 is 21.5 Å². The van der Waals surface area contributed by atoms with Crippen LogP contribution in [0.4, 0.5) is 5.69 Å². The van der Waals surface area contributed by atoms with Gasteiger partial charge in [0.15, 0.2) is 12.4 Å². The number of terminal acetylenes is 1. The zero-order valence-corrected chi connectivity index (χ0v) is 10.3. The maximum absolute atomic E-state index is 5.24. The van der Waals surface area contributed by atoms with E-state index >= 15 is 0 Å². The van der Waals surface area contributed by atoms with Crippen LogP contribution in [0.2, 0.25) is 0 Å². The molecule has 0 aliphatic carbocycles. The molecule has 0 saturated carbocycles. The van der Waals surface area contributed by atoms with Crippen molar-refractivity contribution >= 4 is 5.69 Å². The number of rotatable bonds is 2. The van der Waals surface area contributed by atoms with Gasteiger partial charge in [-0.15, -0.1) is 6.42 Å². The van der Waals surface area contributed by atoms with Gasteiger partial charge in [-0.3, -0.25) is 0 Å². The highest BCUT2D eigenvalue weighted by Gasteiger charge is 2.12. The Balaban J connectivity index is 0.00000112. The molecule has 2 rings (SSSR count). The maximum Gasteiger partial charge on any atom is 0.208 e. The lowest BCUT2D eigenvalue weighted by molar-refractivity contribution is -0.684. The summed E-state index contributed by atoms with van der Waals surface area (Å²) in [4.78, 5) is 2.42. The summed E-state index contributed by atoms with van der Waals surface area (Å²) in [6.45, 7) is 3.04. The molecule has 1 saturated heterocycles. The second kappa shape index (κ2) is 5.77. The van der Waals surface area contributed by atoms with Gasteiger partial charge >= 0.3 is 0 Å². The summed E-state index contributed by atoms with van der Waals surface area (Å²) in [5, 5.41) is 0. The number of hydrogen-bond donors (Lipinski definition) is 0. The molecule has 80 valence electrons. The quantitative estimate of drug-likeness (QED) is 0.453. The highest BCUT2D eigenvalue weighted by atomic mass is 79.9. The molecule has 0 radical (unpaired) electrons. The van der Waals surface area contributed by atoms with Crippen LogP contribution >= 0.6 is 0 Å². The van der Waals surface area contributed by atoms with Gasteiger partial charge in [-0.2, -0.15) is 4.57 Å². The standard InChI is InChI=1S/C12H15N2.BrH/c1-2-7-13-10-5-12(6-11-13)14-8-3-4-9-14;/h1,5-6,10-11H,3-4,7-9H2;1H/q+1;/p-1. The van der Waals surface area contributed by atoms with Gasteiger partial charge in [0.2, 0.25) is 6.54 Å². The van der Waals surface area contributed by atoms with Crippen molar-refractivity contribution in [2.75, 3.05) is 18.0 Å². The third kappa shape index (κ3) is 2.97. The van der Waals surface area contributed by atoms with Gasteiger partial charge in [-0.05, 0) is 18.8 Å². The van der Waals surface area contributed by atoms with E-state index in [0.29, 0.717) is 6.54 Å². The Morgan fingerprint density at radius 1 is 1.27 bits per heavy atom. The molecular weight excluding hydrogens is 252 g/mol. The third-order valence-corrected chi connectivity index (χ3v) is 2.62. The lowest BCUT2D eigenvalue weighted by Gasteiger charge is -2.15. The third-order valence-electron chi connectivity index (χ3n) is 2.62. The number of pyridine rings is 1. The topological polar surface area (TPSA) is 7.12 Å². The van der Waals surface area contributed by atoms with E-state index in [1.807, 2.05) is 17.0 Å². The molecule has 0 atom stereocenters. The molecule has 15 heavy (non-hydrogen) atoms. The Hall–Kier alpha value is -1.01. The van der Waals surface area contributed by atoms with Crippen LogP contribution in [0.5, 0.6) is 0 Å². The number of aromatic nitrogens is 1. The summed E-state index contributed by atoms with van der Waals surface area (Å²) in [6.07, 6.45) is 12.0. The molecule has 2 nitrogen and oxygen atoms in total. The summed E-state index contributed by atoms with van der Waals surface area (Å²) in [7, 11) is 0. The molecular formula is C12H15BrN2. The van der Waals surface area contributed by atoms with Crippen molar-refractivity contribution in [3.05, 3.63) is 24.5 Å². The molecule has 1 aliphatic heterocycles.